The second-order valence-corrected chi connectivity index (χ2v) is 14.4. The van der Waals surface area contributed by atoms with Crippen molar-refractivity contribution in [2.24, 2.45) is 5.92 Å². The number of esters is 1. The Morgan fingerprint density at radius 2 is 1.60 bits per heavy atom. The van der Waals surface area contributed by atoms with Crippen molar-refractivity contribution in [3.05, 3.63) is 130 Å². The third-order valence-corrected chi connectivity index (χ3v) is 10.5. The normalized spacial score (nSPS) is 22.3. The minimum Gasteiger partial charge on any atom is -0.453 e. The molecule has 2 aliphatic heterocycles. The minimum absolute atomic E-state index is 0.0203. The number of rotatable bonds is 11. The molecule has 10 heteroatoms. The van der Waals surface area contributed by atoms with Gasteiger partial charge in [-0.15, -0.1) is 0 Å². The van der Waals surface area contributed by atoms with Crippen LogP contribution in [0.4, 0.5) is 0 Å². The Morgan fingerprint density at radius 1 is 0.923 bits per heavy atom. The predicted octanol–water partition coefficient (Wildman–Crippen LogP) is 6.84. The second kappa shape index (κ2) is 16.7. The van der Waals surface area contributed by atoms with E-state index in [4.69, 9.17) is 25.8 Å². The van der Waals surface area contributed by atoms with E-state index in [-0.39, 0.29) is 37.2 Å². The van der Waals surface area contributed by atoms with E-state index in [0.29, 0.717) is 24.4 Å². The van der Waals surface area contributed by atoms with Crippen molar-refractivity contribution >= 4 is 23.5 Å². The molecule has 2 heterocycles. The van der Waals surface area contributed by atoms with E-state index in [9.17, 15) is 19.8 Å². The Labute approximate surface area is 310 Å². The van der Waals surface area contributed by atoms with Crippen molar-refractivity contribution in [2.75, 3.05) is 19.6 Å². The predicted molar refractivity (Wildman–Crippen MR) is 199 cm³/mol. The molecule has 3 N–H and O–H groups in total. The molecule has 2 saturated heterocycles. The van der Waals surface area contributed by atoms with E-state index in [0.717, 1.165) is 52.0 Å². The summed E-state index contributed by atoms with van der Waals surface area (Å²) in [4.78, 5) is 26.0. The van der Waals surface area contributed by atoms with Crippen LogP contribution in [0, 0.1) is 5.92 Å². The summed E-state index contributed by atoms with van der Waals surface area (Å²) in [6.07, 6.45) is -0.701. The van der Waals surface area contributed by atoms with Gasteiger partial charge in [0.2, 0.25) is 0 Å². The number of nitrogens with one attached hydrogen (secondary N) is 1. The standard InChI is InChI=1S/C42H47ClN2O7/c1-27-38(25-45-20-18-42(49,19-21-45)36-14-16-37(43)17-15-36)51-41(52-39(27)32-12-10-30(26-46)11-13-32)35-9-5-8-34(23-35)33-7-4-6-31(22-33)24-44-40(48)28(2)50-29(3)47/h4-17,22-23,27-28,38-39,41,46,49H,18-21,24-26H2,1-3H3,(H,44,48)/t27-,28+,38+,39+,41+/m1/s1. The fraction of sp³-hybridized carbons (Fsp3) is 0.381. The first kappa shape index (κ1) is 37.7. The third kappa shape index (κ3) is 9.09. The van der Waals surface area contributed by atoms with Crippen molar-refractivity contribution < 1.29 is 34.0 Å². The van der Waals surface area contributed by atoms with Crippen LogP contribution in [0.5, 0.6) is 0 Å². The molecule has 4 aromatic carbocycles. The van der Waals surface area contributed by atoms with Gasteiger partial charge in [-0.1, -0.05) is 91.3 Å². The highest BCUT2D eigenvalue weighted by molar-refractivity contribution is 6.30. The number of benzene rings is 4. The summed E-state index contributed by atoms with van der Waals surface area (Å²) in [6.45, 7) is 7.38. The van der Waals surface area contributed by atoms with Crippen LogP contribution in [0.3, 0.4) is 0 Å². The zero-order valence-corrected chi connectivity index (χ0v) is 30.6. The van der Waals surface area contributed by atoms with E-state index >= 15 is 0 Å². The van der Waals surface area contributed by atoms with Gasteiger partial charge in [-0.3, -0.25) is 9.59 Å². The third-order valence-electron chi connectivity index (χ3n) is 10.2. The lowest BCUT2D eigenvalue weighted by molar-refractivity contribution is -0.277. The monoisotopic (exact) mass is 726 g/mol. The SMILES string of the molecule is CC(=O)O[C@@H](C)C(=O)NCc1cccc(-c2cccc([C@H]3O[C@@H](CN4CCC(O)(c5ccc(Cl)cc5)CC4)[C@@H](C)[C@@H](c4ccc(CO)cc4)O3)c2)c1. The van der Waals surface area contributed by atoms with Gasteiger partial charge < -0.3 is 34.6 Å². The maximum atomic E-state index is 12.4. The molecule has 2 aliphatic rings. The molecule has 0 unspecified atom stereocenters. The highest BCUT2D eigenvalue weighted by atomic mass is 35.5. The lowest BCUT2D eigenvalue weighted by Gasteiger charge is -2.45. The number of piperidine rings is 1. The first-order valence-corrected chi connectivity index (χ1v) is 18.2. The van der Waals surface area contributed by atoms with Crippen LogP contribution in [-0.2, 0) is 42.6 Å². The van der Waals surface area contributed by atoms with Crippen LogP contribution in [0.2, 0.25) is 5.02 Å². The lowest BCUT2D eigenvalue weighted by Crippen LogP contribution is -2.49. The number of carbonyl (C=O) groups excluding carboxylic acids is 2. The summed E-state index contributed by atoms with van der Waals surface area (Å²) in [5.41, 5.74) is 5.59. The van der Waals surface area contributed by atoms with E-state index < -0.39 is 24.0 Å². The van der Waals surface area contributed by atoms with Crippen LogP contribution in [0.1, 0.15) is 73.8 Å². The number of nitrogens with zero attached hydrogens (tertiary/aromatic N) is 1. The molecule has 0 radical (unpaired) electrons. The molecule has 0 aromatic heterocycles. The van der Waals surface area contributed by atoms with Crippen LogP contribution >= 0.6 is 11.6 Å². The zero-order valence-electron chi connectivity index (χ0n) is 29.8. The molecule has 0 aliphatic carbocycles. The number of aliphatic hydroxyl groups excluding tert-OH is 1. The van der Waals surface area contributed by atoms with Gasteiger partial charge >= 0.3 is 5.97 Å². The largest absolute Gasteiger partial charge is 0.453 e. The Kier molecular flexibility index (Phi) is 12.1. The van der Waals surface area contributed by atoms with Gasteiger partial charge in [-0.05, 0) is 77.4 Å². The maximum Gasteiger partial charge on any atom is 0.303 e. The fourth-order valence-corrected chi connectivity index (χ4v) is 7.22. The topological polar surface area (TPSA) is 118 Å². The van der Waals surface area contributed by atoms with E-state index in [1.807, 2.05) is 91.0 Å². The summed E-state index contributed by atoms with van der Waals surface area (Å²) in [5, 5.41) is 24.6. The maximum absolute atomic E-state index is 12.4. The lowest BCUT2D eigenvalue weighted by atomic mass is 9.84. The molecular formula is C42H47ClN2O7. The number of hydrogen-bond donors (Lipinski definition) is 3. The molecule has 1 amide bonds. The van der Waals surface area contributed by atoms with Crippen molar-refractivity contribution in [3.63, 3.8) is 0 Å². The highest BCUT2D eigenvalue weighted by Gasteiger charge is 2.41. The van der Waals surface area contributed by atoms with Gasteiger partial charge in [-0.25, -0.2) is 0 Å². The van der Waals surface area contributed by atoms with Gasteiger partial charge in [0.25, 0.3) is 5.91 Å². The van der Waals surface area contributed by atoms with Crippen LogP contribution in [0.15, 0.2) is 97.1 Å². The molecule has 0 bridgehead atoms. The average molecular weight is 727 g/mol. The zero-order chi connectivity index (χ0) is 36.8. The molecule has 9 nitrogen and oxygen atoms in total. The van der Waals surface area contributed by atoms with Crippen molar-refractivity contribution in [1.82, 2.24) is 10.2 Å². The number of ether oxygens (including phenoxy) is 3. The quantitative estimate of drug-likeness (QED) is 0.144. The number of halogens is 1. The number of aliphatic hydroxyl groups is 2. The molecule has 4 aromatic rings. The summed E-state index contributed by atoms with van der Waals surface area (Å²) >= 11 is 6.11. The Bertz CT molecular complexity index is 1830. The fourth-order valence-electron chi connectivity index (χ4n) is 7.10. The molecule has 0 saturated carbocycles. The molecule has 2 fully saturated rings. The smallest absolute Gasteiger partial charge is 0.303 e. The van der Waals surface area contributed by atoms with Gasteiger partial charge in [0.1, 0.15) is 0 Å². The minimum atomic E-state index is -0.894. The Balaban J connectivity index is 1.19. The molecule has 0 spiro atoms. The summed E-state index contributed by atoms with van der Waals surface area (Å²) in [6, 6.07) is 31.4. The molecule has 52 heavy (non-hydrogen) atoms. The van der Waals surface area contributed by atoms with Crippen LogP contribution < -0.4 is 5.32 Å². The Morgan fingerprint density at radius 3 is 2.27 bits per heavy atom. The van der Waals surface area contributed by atoms with Crippen LogP contribution in [0.25, 0.3) is 11.1 Å². The van der Waals surface area contributed by atoms with Crippen LogP contribution in [-0.4, -0.2) is 58.8 Å². The first-order valence-electron chi connectivity index (χ1n) is 17.9. The van der Waals surface area contributed by atoms with E-state index in [1.165, 1.54) is 6.92 Å². The molecule has 274 valence electrons. The van der Waals surface area contributed by atoms with Gasteiger partial charge in [0.05, 0.1) is 24.4 Å². The highest BCUT2D eigenvalue weighted by Crippen LogP contribution is 2.43. The van der Waals surface area contributed by atoms with E-state index in [1.54, 1.807) is 6.92 Å². The first-order chi connectivity index (χ1) is 25.0. The second-order valence-electron chi connectivity index (χ2n) is 14.0. The van der Waals surface area contributed by atoms with E-state index in [2.05, 4.69) is 23.2 Å². The molecule has 5 atom stereocenters. The summed E-state index contributed by atoms with van der Waals surface area (Å²) in [7, 11) is 0. The Hall–Kier alpha value is -4.09. The number of likely N-dealkylation sites (tertiary alicyclic amines) is 1. The van der Waals surface area contributed by atoms with Crippen molar-refractivity contribution in [1.29, 1.82) is 0 Å². The molecular weight excluding hydrogens is 680 g/mol. The number of amides is 1. The summed E-state index contributed by atoms with van der Waals surface area (Å²) in [5.74, 6) is -0.844. The summed E-state index contributed by atoms with van der Waals surface area (Å²) < 4.78 is 18.5. The van der Waals surface area contributed by atoms with Gasteiger partial charge in [0.15, 0.2) is 12.4 Å². The van der Waals surface area contributed by atoms with Gasteiger partial charge in [0, 0.05) is 49.6 Å². The number of hydrogen-bond acceptors (Lipinski definition) is 8. The average Bonchev–Trinajstić information content (AvgIpc) is 3.15. The number of carbonyl (C=O) groups is 2. The van der Waals surface area contributed by atoms with Crippen molar-refractivity contribution in [3.8, 4) is 11.1 Å². The van der Waals surface area contributed by atoms with Gasteiger partial charge in [-0.2, -0.15) is 0 Å². The van der Waals surface area contributed by atoms with Crippen molar-refractivity contribution in [2.45, 2.75) is 77.0 Å². The molecule has 6 rings (SSSR count).